The zero-order chi connectivity index (χ0) is 10.5. The van der Waals surface area contributed by atoms with Gasteiger partial charge < -0.3 is 10.6 Å². The highest BCUT2D eigenvalue weighted by molar-refractivity contribution is 8.33. The van der Waals surface area contributed by atoms with E-state index in [9.17, 15) is 0 Å². The second-order valence-corrected chi connectivity index (χ2v) is 4.66. The second kappa shape index (κ2) is 5.14. The predicted octanol–water partition coefficient (Wildman–Crippen LogP) is 2.08. The highest BCUT2D eigenvalue weighted by Gasteiger charge is 2.08. The van der Waals surface area contributed by atoms with Crippen molar-refractivity contribution in [1.29, 1.82) is 0 Å². The van der Waals surface area contributed by atoms with E-state index in [0.717, 1.165) is 28.3 Å². The third kappa shape index (κ3) is 3.21. The Hall–Kier alpha value is -1.07. The first-order valence-electron chi connectivity index (χ1n) is 4.67. The molecule has 0 bridgehead atoms. The fourth-order valence-corrected chi connectivity index (χ4v) is 2.20. The minimum absolute atomic E-state index is 0.752. The van der Waals surface area contributed by atoms with Crippen LogP contribution in [0.4, 0.5) is 5.69 Å². The lowest BCUT2D eigenvalue weighted by Crippen LogP contribution is -2.20. The lowest BCUT2D eigenvalue weighted by Gasteiger charge is -2.06. The summed E-state index contributed by atoms with van der Waals surface area (Å²) in [5.74, 6) is 0. The van der Waals surface area contributed by atoms with Gasteiger partial charge in [-0.25, -0.2) is 0 Å². The molecular weight excluding hydrogens is 226 g/mol. The van der Waals surface area contributed by atoms with Crippen molar-refractivity contribution in [1.82, 2.24) is 5.32 Å². The van der Waals surface area contributed by atoms with Crippen LogP contribution in [0.3, 0.4) is 0 Å². The molecule has 3 nitrogen and oxygen atoms in total. The van der Waals surface area contributed by atoms with Gasteiger partial charge in [0, 0.05) is 12.2 Å². The highest BCUT2D eigenvalue weighted by atomic mass is 32.2. The maximum Gasteiger partial charge on any atom is 0.168 e. The second-order valence-electron chi connectivity index (χ2n) is 2.99. The molecule has 15 heavy (non-hydrogen) atoms. The Morgan fingerprint density at radius 3 is 2.93 bits per heavy atom. The van der Waals surface area contributed by atoms with E-state index < -0.39 is 0 Å². The number of para-hydroxylation sites is 1. The summed E-state index contributed by atoms with van der Waals surface area (Å²) in [7, 11) is 0. The van der Waals surface area contributed by atoms with E-state index in [1.165, 1.54) is 11.8 Å². The summed E-state index contributed by atoms with van der Waals surface area (Å²) in [5, 5.41) is 7.19. The van der Waals surface area contributed by atoms with Crippen LogP contribution in [0.1, 0.15) is 0 Å². The van der Waals surface area contributed by atoms with E-state index in [-0.39, 0.29) is 0 Å². The van der Waals surface area contributed by atoms with Gasteiger partial charge in [-0.05, 0) is 23.9 Å². The van der Waals surface area contributed by atoms with Crippen molar-refractivity contribution in [2.24, 2.45) is 4.99 Å². The van der Waals surface area contributed by atoms with Gasteiger partial charge in [-0.1, -0.05) is 30.4 Å². The van der Waals surface area contributed by atoms with Crippen molar-refractivity contribution in [3.8, 4) is 0 Å². The van der Waals surface area contributed by atoms with E-state index in [1.54, 1.807) is 0 Å². The van der Waals surface area contributed by atoms with Crippen LogP contribution in [-0.2, 0) is 0 Å². The molecule has 0 atom stereocenters. The van der Waals surface area contributed by atoms with E-state index in [2.05, 4.69) is 15.6 Å². The lowest BCUT2D eigenvalue weighted by atomic mass is 10.3. The zero-order valence-corrected chi connectivity index (χ0v) is 9.70. The molecule has 0 aliphatic carbocycles. The average molecular weight is 237 g/mol. The van der Waals surface area contributed by atoms with Gasteiger partial charge in [0.25, 0.3) is 0 Å². The van der Waals surface area contributed by atoms with Crippen LogP contribution < -0.4 is 10.6 Å². The molecule has 0 saturated heterocycles. The SMILES string of the molecule is S=C1NCCN=C(Nc2ccccc2)S1. The molecule has 1 aromatic carbocycles. The third-order valence-electron chi connectivity index (χ3n) is 1.85. The highest BCUT2D eigenvalue weighted by Crippen LogP contribution is 2.13. The van der Waals surface area contributed by atoms with Gasteiger partial charge in [-0.2, -0.15) is 0 Å². The van der Waals surface area contributed by atoms with Crippen LogP contribution in [0.5, 0.6) is 0 Å². The minimum atomic E-state index is 0.752. The quantitative estimate of drug-likeness (QED) is 0.733. The number of rotatable bonds is 1. The molecule has 78 valence electrons. The Balaban J connectivity index is 2.05. The Bertz CT molecular complexity index is 376. The lowest BCUT2D eigenvalue weighted by molar-refractivity contribution is 0.898. The first kappa shape index (κ1) is 10.4. The van der Waals surface area contributed by atoms with Gasteiger partial charge in [0.2, 0.25) is 0 Å². The van der Waals surface area contributed by atoms with Gasteiger partial charge in [-0.3, -0.25) is 4.99 Å². The largest absolute Gasteiger partial charge is 0.369 e. The van der Waals surface area contributed by atoms with Crippen molar-refractivity contribution in [2.45, 2.75) is 0 Å². The summed E-state index contributed by atoms with van der Waals surface area (Å²) in [6, 6.07) is 9.97. The number of benzene rings is 1. The number of thiocarbonyl (C=S) groups is 1. The van der Waals surface area contributed by atoms with Crippen molar-refractivity contribution in [3.63, 3.8) is 0 Å². The molecule has 0 saturated carbocycles. The molecule has 1 heterocycles. The van der Waals surface area contributed by atoms with Crippen LogP contribution in [-0.4, -0.2) is 22.6 Å². The molecule has 2 rings (SSSR count). The number of aliphatic imine (C=N–C) groups is 1. The van der Waals surface area contributed by atoms with Crippen LogP contribution in [0.25, 0.3) is 0 Å². The number of anilines is 1. The number of nitrogens with one attached hydrogen (secondary N) is 2. The summed E-state index contributed by atoms with van der Waals surface area (Å²) in [6.07, 6.45) is 0. The van der Waals surface area contributed by atoms with Crippen LogP contribution in [0.15, 0.2) is 35.3 Å². The fraction of sp³-hybridized carbons (Fsp3) is 0.200. The normalized spacial score (nSPS) is 16.3. The monoisotopic (exact) mass is 237 g/mol. The molecule has 2 N–H and O–H groups in total. The van der Waals surface area contributed by atoms with Crippen LogP contribution in [0.2, 0.25) is 0 Å². The molecule has 1 aliphatic heterocycles. The summed E-state index contributed by atoms with van der Waals surface area (Å²) in [5.41, 5.74) is 1.04. The number of amidine groups is 1. The third-order valence-corrected chi connectivity index (χ3v) is 3.00. The Morgan fingerprint density at radius 2 is 2.13 bits per heavy atom. The van der Waals surface area contributed by atoms with Crippen molar-refractivity contribution in [3.05, 3.63) is 30.3 Å². The van der Waals surface area contributed by atoms with Crippen molar-refractivity contribution < 1.29 is 0 Å². The molecule has 0 unspecified atom stereocenters. The van der Waals surface area contributed by atoms with E-state index in [1.807, 2.05) is 30.3 Å². The summed E-state index contributed by atoms with van der Waals surface area (Å²) >= 11 is 6.58. The number of nitrogens with zero attached hydrogens (tertiary/aromatic N) is 1. The molecule has 0 fully saturated rings. The molecule has 5 heteroatoms. The van der Waals surface area contributed by atoms with E-state index in [4.69, 9.17) is 12.2 Å². The van der Waals surface area contributed by atoms with Crippen LogP contribution >= 0.6 is 24.0 Å². The molecular formula is C10H11N3S2. The Morgan fingerprint density at radius 1 is 1.33 bits per heavy atom. The average Bonchev–Trinajstić information content (AvgIpc) is 2.44. The summed E-state index contributed by atoms with van der Waals surface area (Å²) < 4.78 is 0.773. The van der Waals surface area contributed by atoms with Gasteiger partial charge in [0.05, 0.1) is 6.54 Å². The number of hydrogen-bond donors (Lipinski definition) is 2. The predicted molar refractivity (Wildman–Crippen MR) is 70.6 cm³/mol. The Kier molecular flexibility index (Phi) is 3.58. The topological polar surface area (TPSA) is 36.4 Å². The van der Waals surface area contributed by atoms with E-state index in [0.29, 0.717) is 0 Å². The standard InChI is InChI=1S/C10H11N3S2/c14-10-12-7-6-11-9(15-10)13-8-4-2-1-3-5-8/h1-5H,6-7H2,(H,11,13)(H,12,14). The first-order valence-corrected chi connectivity index (χ1v) is 5.89. The van der Waals surface area contributed by atoms with Crippen molar-refractivity contribution in [2.75, 3.05) is 18.4 Å². The maximum atomic E-state index is 5.12. The van der Waals surface area contributed by atoms with Crippen molar-refractivity contribution >= 4 is 39.2 Å². The van der Waals surface area contributed by atoms with Gasteiger partial charge in [0.1, 0.15) is 4.32 Å². The summed E-state index contributed by atoms with van der Waals surface area (Å²) in [4.78, 5) is 4.39. The molecule has 1 aliphatic rings. The summed E-state index contributed by atoms with van der Waals surface area (Å²) in [6.45, 7) is 1.56. The molecule has 0 aromatic heterocycles. The van der Waals surface area contributed by atoms with Crippen LogP contribution in [0, 0.1) is 0 Å². The molecule has 0 spiro atoms. The first-order chi connectivity index (χ1) is 7.34. The van der Waals surface area contributed by atoms with E-state index >= 15 is 0 Å². The van der Waals surface area contributed by atoms with Gasteiger partial charge >= 0.3 is 0 Å². The molecule has 1 aromatic rings. The molecule has 0 radical (unpaired) electrons. The number of thioether (sulfide) groups is 1. The Labute approximate surface area is 98.4 Å². The number of hydrogen-bond acceptors (Lipinski definition) is 4. The fourth-order valence-electron chi connectivity index (χ4n) is 1.18. The van der Waals surface area contributed by atoms with Gasteiger partial charge in [0.15, 0.2) is 5.17 Å². The smallest absolute Gasteiger partial charge is 0.168 e. The molecule has 0 amide bonds. The minimum Gasteiger partial charge on any atom is -0.369 e. The zero-order valence-electron chi connectivity index (χ0n) is 8.06. The maximum absolute atomic E-state index is 5.12. The van der Waals surface area contributed by atoms with Gasteiger partial charge in [-0.15, -0.1) is 0 Å².